The van der Waals surface area contributed by atoms with Crippen LogP contribution in [0.1, 0.15) is 42.4 Å². The zero-order valence-electron chi connectivity index (χ0n) is 18.9. The molecule has 1 aromatic heterocycles. The Morgan fingerprint density at radius 1 is 1.09 bits per heavy atom. The van der Waals surface area contributed by atoms with Gasteiger partial charge in [0.2, 0.25) is 5.60 Å². The Morgan fingerprint density at radius 3 is 2.27 bits per heavy atom. The van der Waals surface area contributed by atoms with Gasteiger partial charge in [-0.2, -0.15) is 0 Å². The molecule has 0 spiro atoms. The van der Waals surface area contributed by atoms with Crippen molar-refractivity contribution in [2.24, 2.45) is 0 Å². The van der Waals surface area contributed by atoms with Gasteiger partial charge in [0.05, 0.1) is 12.6 Å². The molecule has 172 valence electrons. The smallest absolute Gasteiger partial charge is 0.352 e. The van der Waals surface area contributed by atoms with E-state index >= 15 is 0 Å². The number of aromatic nitrogens is 1. The van der Waals surface area contributed by atoms with E-state index in [1.165, 1.54) is 24.7 Å². The summed E-state index contributed by atoms with van der Waals surface area (Å²) in [6.45, 7) is 6.31. The van der Waals surface area contributed by atoms with E-state index in [4.69, 9.17) is 21.1 Å². The van der Waals surface area contributed by atoms with Gasteiger partial charge in [-0.1, -0.05) is 17.2 Å². The van der Waals surface area contributed by atoms with Crippen molar-refractivity contribution in [3.8, 4) is 5.75 Å². The molecule has 0 aliphatic carbocycles. The van der Waals surface area contributed by atoms with Crippen LogP contribution < -0.4 is 4.74 Å². The molecule has 3 aromatic rings. The maximum Gasteiger partial charge on any atom is 0.352 e. The minimum absolute atomic E-state index is 0.182. The number of carbonyl (C=O) groups excluding carboxylic acids is 2. The minimum atomic E-state index is -2.07. The molecule has 0 aliphatic rings. The molecule has 0 radical (unpaired) electrons. The molecule has 1 N–H and O–H groups in total. The summed E-state index contributed by atoms with van der Waals surface area (Å²) in [6, 6.07) is 11.3. The normalized spacial score (nSPS) is 12.7. The third-order valence-electron chi connectivity index (χ3n) is 5.30. The Kier molecular flexibility index (Phi) is 6.65. The van der Waals surface area contributed by atoms with Gasteiger partial charge in [-0.3, -0.25) is 9.36 Å². The Morgan fingerprint density at radius 2 is 1.73 bits per heavy atom. The third-order valence-corrected chi connectivity index (χ3v) is 5.55. The van der Waals surface area contributed by atoms with Crippen LogP contribution in [0, 0.1) is 6.92 Å². The lowest BCUT2D eigenvalue weighted by Crippen LogP contribution is -2.38. The van der Waals surface area contributed by atoms with Crippen LogP contribution in [0.2, 0.25) is 5.02 Å². The van der Waals surface area contributed by atoms with Crippen molar-refractivity contribution in [1.29, 1.82) is 0 Å². The Hall–Kier alpha value is -3.58. The van der Waals surface area contributed by atoms with Crippen LogP contribution in [-0.2, 0) is 19.9 Å². The third kappa shape index (κ3) is 4.50. The fraction of sp³-hybridized carbons (Fsp3) is 0.240. The fourth-order valence-corrected chi connectivity index (χ4v) is 3.90. The summed E-state index contributed by atoms with van der Waals surface area (Å²) in [6.07, 6.45) is 1.22. The summed E-state index contributed by atoms with van der Waals surface area (Å²) < 4.78 is 12.2. The number of carboxylic acid groups (broad SMARTS) is 1. The minimum Gasteiger partial charge on any atom is -0.497 e. The number of halogens is 1. The lowest BCUT2D eigenvalue weighted by atomic mass is 9.92. The van der Waals surface area contributed by atoms with Gasteiger partial charge in [0.1, 0.15) is 5.75 Å². The molecule has 0 saturated heterocycles. The van der Waals surface area contributed by atoms with Gasteiger partial charge in [0.25, 0.3) is 5.91 Å². The molecule has 0 aliphatic heterocycles. The van der Waals surface area contributed by atoms with Gasteiger partial charge in [-0.05, 0) is 70.2 Å². The van der Waals surface area contributed by atoms with E-state index in [-0.39, 0.29) is 11.5 Å². The first-order chi connectivity index (χ1) is 15.5. The molecule has 33 heavy (non-hydrogen) atoms. The highest BCUT2D eigenvalue weighted by molar-refractivity contribution is 6.30. The predicted octanol–water partition coefficient (Wildman–Crippen LogP) is 5.11. The number of fused-ring (bicyclic) bond motifs is 1. The lowest BCUT2D eigenvalue weighted by molar-refractivity contribution is -0.174. The highest BCUT2D eigenvalue weighted by Gasteiger charge is 2.44. The zero-order valence-corrected chi connectivity index (χ0v) is 19.7. The summed E-state index contributed by atoms with van der Waals surface area (Å²) >= 11 is 5.95. The molecule has 2 aromatic carbocycles. The van der Waals surface area contributed by atoms with Crippen molar-refractivity contribution in [1.82, 2.24) is 4.57 Å². The summed E-state index contributed by atoms with van der Waals surface area (Å²) in [4.78, 5) is 38.3. The van der Waals surface area contributed by atoms with E-state index in [2.05, 4.69) is 0 Å². The van der Waals surface area contributed by atoms with E-state index in [9.17, 15) is 19.5 Å². The second kappa shape index (κ2) is 9.11. The zero-order chi connectivity index (χ0) is 24.5. The molecule has 1 heterocycles. The van der Waals surface area contributed by atoms with E-state index < -0.39 is 17.5 Å². The molecule has 3 rings (SSSR count). The van der Waals surface area contributed by atoms with Crippen molar-refractivity contribution in [2.75, 3.05) is 7.11 Å². The fourth-order valence-electron chi connectivity index (χ4n) is 3.78. The molecule has 1 unspecified atom stereocenters. The van der Waals surface area contributed by atoms with E-state index in [0.717, 1.165) is 0 Å². The van der Waals surface area contributed by atoms with Crippen molar-refractivity contribution in [2.45, 2.75) is 33.3 Å². The molecule has 1 atom stereocenters. The average molecular weight is 470 g/mol. The quantitative estimate of drug-likeness (QED) is 0.398. The van der Waals surface area contributed by atoms with E-state index in [1.807, 2.05) is 0 Å². The SMILES string of the molecule is COc1ccc2c(c1)c(C(C)(OC(=O)C=C(C)C)C(=O)O)c(C)n2C(=O)c1ccc(Cl)cc1. The van der Waals surface area contributed by atoms with Gasteiger partial charge in [0, 0.05) is 33.3 Å². The van der Waals surface area contributed by atoms with Crippen molar-refractivity contribution >= 4 is 40.3 Å². The standard InChI is InChI=1S/C25H24ClNO6/c1-14(2)12-21(28)33-25(4,24(30)31)22-15(3)27(20-11-10-18(32-5)13-19(20)22)23(29)16-6-8-17(26)9-7-16/h6-13H,1-5H3,(H,30,31). The molecule has 0 bridgehead atoms. The summed E-state index contributed by atoms with van der Waals surface area (Å²) in [7, 11) is 1.48. The van der Waals surface area contributed by atoms with Crippen LogP contribution in [0.3, 0.4) is 0 Å². The summed E-state index contributed by atoms with van der Waals surface area (Å²) in [5, 5.41) is 11.0. The first-order valence-corrected chi connectivity index (χ1v) is 10.5. The monoisotopic (exact) mass is 469 g/mol. The first-order valence-electron chi connectivity index (χ1n) is 10.1. The number of carboxylic acids is 1. The Bertz CT molecular complexity index is 1280. The number of rotatable bonds is 6. The number of benzene rings is 2. The molecule has 7 nitrogen and oxygen atoms in total. The number of ether oxygens (including phenoxy) is 2. The van der Waals surface area contributed by atoms with Crippen LogP contribution in [0.15, 0.2) is 54.1 Å². The number of esters is 1. The number of methoxy groups -OCH3 is 1. The van der Waals surface area contributed by atoms with Crippen LogP contribution >= 0.6 is 11.6 Å². The lowest BCUT2D eigenvalue weighted by Gasteiger charge is -2.25. The van der Waals surface area contributed by atoms with Gasteiger partial charge < -0.3 is 14.6 Å². The number of nitrogens with zero attached hydrogens (tertiary/aromatic N) is 1. The predicted molar refractivity (Wildman–Crippen MR) is 125 cm³/mol. The number of carbonyl (C=O) groups is 3. The Balaban J connectivity index is 2.32. The Labute approximate surface area is 196 Å². The second-order valence-electron chi connectivity index (χ2n) is 7.97. The van der Waals surface area contributed by atoms with Gasteiger partial charge in [-0.15, -0.1) is 0 Å². The van der Waals surface area contributed by atoms with Crippen molar-refractivity contribution in [3.63, 3.8) is 0 Å². The first kappa shape index (κ1) is 24.1. The maximum absolute atomic E-state index is 13.4. The van der Waals surface area contributed by atoms with E-state index in [0.29, 0.717) is 38.5 Å². The van der Waals surface area contributed by atoms with E-state index in [1.54, 1.807) is 63.2 Å². The molecule has 0 fully saturated rings. The molecular formula is C25H24ClNO6. The average Bonchev–Trinajstić information content (AvgIpc) is 3.04. The van der Waals surface area contributed by atoms with Gasteiger partial charge in [0.15, 0.2) is 0 Å². The number of allylic oxidation sites excluding steroid dienone is 1. The topological polar surface area (TPSA) is 94.8 Å². The summed E-state index contributed by atoms with van der Waals surface area (Å²) in [5.74, 6) is -2.09. The molecule has 8 heteroatoms. The largest absolute Gasteiger partial charge is 0.497 e. The van der Waals surface area contributed by atoms with Crippen molar-refractivity contribution in [3.05, 3.63) is 76.0 Å². The highest BCUT2D eigenvalue weighted by Crippen LogP contribution is 2.39. The second-order valence-corrected chi connectivity index (χ2v) is 8.41. The van der Waals surface area contributed by atoms with Gasteiger partial charge >= 0.3 is 11.9 Å². The maximum atomic E-state index is 13.4. The number of hydrogen-bond acceptors (Lipinski definition) is 5. The van der Waals surface area contributed by atoms with Crippen LogP contribution in [0.4, 0.5) is 0 Å². The van der Waals surface area contributed by atoms with Crippen LogP contribution in [0.25, 0.3) is 10.9 Å². The highest BCUT2D eigenvalue weighted by atomic mass is 35.5. The molecular weight excluding hydrogens is 446 g/mol. The van der Waals surface area contributed by atoms with Crippen molar-refractivity contribution < 1.29 is 29.0 Å². The number of hydrogen-bond donors (Lipinski definition) is 1. The molecule has 0 saturated carbocycles. The summed E-state index contributed by atoms with van der Waals surface area (Å²) in [5.41, 5.74) is -0.0842. The van der Waals surface area contributed by atoms with Gasteiger partial charge in [-0.25, -0.2) is 9.59 Å². The van der Waals surface area contributed by atoms with Crippen LogP contribution in [-0.4, -0.2) is 34.6 Å². The molecule has 0 amide bonds. The van der Waals surface area contributed by atoms with Crippen LogP contribution in [0.5, 0.6) is 5.75 Å². The number of aliphatic carboxylic acids is 1.